The van der Waals surface area contributed by atoms with Gasteiger partial charge in [-0.3, -0.25) is 4.79 Å². The number of rotatable bonds is 5. The van der Waals surface area contributed by atoms with Crippen LogP contribution < -0.4 is 10.1 Å². The Morgan fingerprint density at radius 3 is 2.41 bits per heavy atom. The van der Waals surface area contributed by atoms with Gasteiger partial charge in [-0.25, -0.2) is 4.39 Å². The van der Waals surface area contributed by atoms with Crippen molar-refractivity contribution in [1.29, 1.82) is 0 Å². The summed E-state index contributed by atoms with van der Waals surface area (Å²) in [6.45, 7) is 5.65. The predicted octanol–water partition coefficient (Wildman–Crippen LogP) is 2.51. The van der Waals surface area contributed by atoms with Crippen molar-refractivity contribution < 1.29 is 13.9 Å². The SMILES string of the molecule is CC[C@@H](Oc1ccc(F)cc1)C(=O)NC(C)C. The number of carbonyl (C=O) groups is 1. The summed E-state index contributed by atoms with van der Waals surface area (Å²) in [6, 6.07) is 5.72. The minimum Gasteiger partial charge on any atom is -0.481 e. The molecular weight excluding hydrogens is 221 g/mol. The van der Waals surface area contributed by atoms with Crippen LogP contribution in [-0.2, 0) is 4.79 Å². The van der Waals surface area contributed by atoms with Crippen LogP contribution in [0.1, 0.15) is 27.2 Å². The van der Waals surface area contributed by atoms with E-state index in [9.17, 15) is 9.18 Å². The predicted molar refractivity (Wildman–Crippen MR) is 64.4 cm³/mol. The summed E-state index contributed by atoms with van der Waals surface area (Å²) >= 11 is 0. The molecule has 1 amide bonds. The van der Waals surface area contributed by atoms with E-state index in [1.807, 2.05) is 20.8 Å². The highest BCUT2D eigenvalue weighted by atomic mass is 19.1. The van der Waals surface area contributed by atoms with Crippen LogP contribution in [0, 0.1) is 5.82 Å². The van der Waals surface area contributed by atoms with Gasteiger partial charge in [0.1, 0.15) is 11.6 Å². The zero-order valence-electron chi connectivity index (χ0n) is 10.4. The van der Waals surface area contributed by atoms with E-state index in [1.165, 1.54) is 24.3 Å². The molecule has 0 heterocycles. The molecular formula is C13H18FNO2. The quantitative estimate of drug-likeness (QED) is 0.857. The van der Waals surface area contributed by atoms with E-state index < -0.39 is 6.10 Å². The number of hydrogen-bond donors (Lipinski definition) is 1. The van der Waals surface area contributed by atoms with Gasteiger partial charge in [0.2, 0.25) is 0 Å². The summed E-state index contributed by atoms with van der Waals surface area (Å²) in [5, 5.41) is 2.79. The zero-order chi connectivity index (χ0) is 12.8. The summed E-state index contributed by atoms with van der Waals surface area (Å²) in [6.07, 6.45) is 0.0264. The van der Waals surface area contributed by atoms with E-state index in [-0.39, 0.29) is 17.8 Å². The fourth-order valence-electron chi connectivity index (χ4n) is 1.38. The maximum atomic E-state index is 12.7. The van der Waals surface area contributed by atoms with Crippen LogP contribution in [0.4, 0.5) is 4.39 Å². The number of carbonyl (C=O) groups excluding carboxylic acids is 1. The number of benzene rings is 1. The molecule has 0 unspecified atom stereocenters. The van der Waals surface area contributed by atoms with Crippen molar-refractivity contribution in [3.05, 3.63) is 30.1 Å². The zero-order valence-corrected chi connectivity index (χ0v) is 10.4. The topological polar surface area (TPSA) is 38.3 Å². The first-order chi connectivity index (χ1) is 8.02. The first kappa shape index (κ1) is 13.5. The van der Waals surface area contributed by atoms with Gasteiger partial charge in [-0.1, -0.05) is 6.92 Å². The third kappa shape index (κ3) is 4.43. The van der Waals surface area contributed by atoms with Gasteiger partial charge < -0.3 is 10.1 Å². The standard InChI is InChI=1S/C13H18FNO2/c1-4-12(13(16)15-9(2)3)17-11-7-5-10(14)6-8-11/h5-9,12H,4H2,1-3H3,(H,15,16)/t12-/m1/s1. The lowest BCUT2D eigenvalue weighted by molar-refractivity contribution is -0.128. The number of ether oxygens (including phenoxy) is 1. The normalized spacial score (nSPS) is 12.3. The molecule has 1 atom stereocenters. The van der Waals surface area contributed by atoms with Crippen LogP contribution in [-0.4, -0.2) is 18.1 Å². The average Bonchev–Trinajstić information content (AvgIpc) is 2.27. The Morgan fingerprint density at radius 1 is 1.35 bits per heavy atom. The average molecular weight is 239 g/mol. The second-order valence-electron chi connectivity index (χ2n) is 4.13. The molecule has 1 aromatic carbocycles. The van der Waals surface area contributed by atoms with E-state index in [0.29, 0.717) is 12.2 Å². The van der Waals surface area contributed by atoms with Gasteiger partial charge in [0.25, 0.3) is 5.91 Å². The second kappa shape index (κ2) is 6.23. The molecule has 0 aromatic heterocycles. The minimum atomic E-state index is -0.539. The molecule has 1 aromatic rings. The van der Waals surface area contributed by atoms with Crippen molar-refractivity contribution in [2.75, 3.05) is 0 Å². The number of amides is 1. The molecule has 17 heavy (non-hydrogen) atoms. The highest BCUT2D eigenvalue weighted by Gasteiger charge is 2.18. The molecule has 0 bridgehead atoms. The van der Waals surface area contributed by atoms with Gasteiger partial charge in [-0.05, 0) is 44.5 Å². The van der Waals surface area contributed by atoms with E-state index in [2.05, 4.69) is 5.32 Å². The van der Waals surface area contributed by atoms with Crippen molar-refractivity contribution in [2.45, 2.75) is 39.3 Å². The van der Waals surface area contributed by atoms with Crippen molar-refractivity contribution in [1.82, 2.24) is 5.32 Å². The maximum Gasteiger partial charge on any atom is 0.261 e. The molecule has 4 heteroatoms. The third-order valence-corrected chi connectivity index (χ3v) is 2.19. The first-order valence-electron chi connectivity index (χ1n) is 5.75. The summed E-state index contributed by atoms with van der Waals surface area (Å²) in [5.41, 5.74) is 0. The summed E-state index contributed by atoms with van der Waals surface area (Å²) in [7, 11) is 0. The number of hydrogen-bond acceptors (Lipinski definition) is 2. The molecule has 0 aliphatic rings. The molecule has 0 saturated carbocycles. The Kier molecular flexibility index (Phi) is 4.94. The van der Waals surface area contributed by atoms with Gasteiger partial charge in [0.15, 0.2) is 6.10 Å². The maximum absolute atomic E-state index is 12.7. The molecule has 0 aliphatic carbocycles. The van der Waals surface area contributed by atoms with Crippen molar-refractivity contribution in [3.8, 4) is 5.75 Å². The highest BCUT2D eigenvalue weighted by molar-refractivity contribution is 5.81. The lowest BCUT2D eigenvalue weighted by Crippen LogP contribution is -2.41. The van der Waals surface area contributed by atoms with Gasteiger partial charge in [0.05, 0.1) is 0 Å². The van der Waals surface area contributed by atoms with Crippen LogP contribution in [0.25, 0.3) is 0 Å². The number of nitrogens with one attached hydrogen (secondary N) is 1. The largest absolute Gasteiger partial charge is 0.481 e. The molecule has 1 N–H and O–H groups in total. The van der Waals surface area contributed by atoms with Crippen molar-refractivity contribution >= 4 is 5.91 Å². The lowest BCUT2D eigenvalue weighted by Gasteiger charge is -2.18. The Bertz CT molecular complexity index is 362. The lowest BCUT2D eigenvalue weighted by atomic mass is 10.2. The number of halogens is 1. The van der Waals surface area contributed by atoms with Crippen LogP contribution in [0.3, 0.4) is 0 Å². The van der Waals surface area contributed by atoms with Gasteiger partial charge in [-0.15, -0.1) is 0 Å². The molecule has 94 valence electrons. The van der Waals surface area contributed by atoms with Crippen molar-refractivity contribution in [3.63, 3.8) is 0 Å². The van der Waals surface area contributed by atoms with Gasteiger partial charge in [0, 0.05) is 6.04 Å². The van der Waals surface area contributed by atoms with Crippen LogP contribution in [0.15, 0.2) is 24.3 Å². The van der Waals surface area contributed by atoms with Gasteiger partial charge >= 0.3 is 0 Å². The Morgan fingerprint density at radius 2 is 1.94 bits per heavy atom. The van der Waals surface area contributed by atoms with Crippen LogP contribution in [0.2, 0.25) is 0 Å². The molecule has 0 fully saturated rings. The van der Waals surface area contributed by atoms with E-state index in [4.69, 9.17) is 4.74 Å². The monoisotopic (exact) mass is 239 g/mol. The highest BCUT2D eigenvalue weighted by Crippen LogP contribution is 2.14. The third-order valence-electron chi connectivity index (χ3n) is 2.19. The molecule has 0 saturated heterocycles. The minimum absolute atomic E-state index is 0.0772. The second-order valence-corrected chi connectivity index (χ2v) is 4.13. The summed E-state index contributed by atoms with van der Waals surface area (Å²) in [5.74, 6) is 0.0287. The fraction of sp³-hybridized carbons (Fsp3) is 0.462. The van der Waals surface area contributed by atoms with Crippen LogP contribution in [0.5, 0.6) is 5.75 Å². The molecule has 3 nitrogen and oxygen atoms in total. The van der Waals surface area contributed by atoms with Gasteiger partial charge in [-0.2, -0.15) is 0 Å². The van der Waals surface area contributed by atoms with E-state index in [0.717, 1.165) is 0 Å². The molecule has 0 radical (unpaired) electrons. The molecule has 1 rings (SSSR count). The van der Waals surface area contributed by atoms with E-state index >= 15 is 0 Å². The first-order valence-corrected chi connectivity index (χ1v) is 5.75. The Labute approximate surface area is 101 Å². The van der Waals surface area contributed by atoms with Crippen molar-refractivity contribution in [2.24, 2.45) is 0 Å². The molecule has 0 aliphatic heterocycles. The smallest absolute Gasteiger partial charge is 0.261 e. The summed E-state index contributed by atoms with van der Waals surface area (Å²) < 4.78 is 18.2. The summed E-state index contributed by atoms with van der Waals surface area (Å²) in [4.78, 5) is 11.7. The van der Waals surface area contributed by atoms with Crippen LogP contribution >= 0.6 is 0 Å². The fourth-order valence-corrected chi connectivity index (χ4v) is 1.38. The Hall–Kier alpha value is -1.58. The van der Waals surface area contributed by atoms with E-state index in [1.54, 1.807) is 0 Å². The molecule has 0 spiro atoms. The Balaban J connectivity index is 2.63.